The quantitative estimate of drug-likeness (QED) is 0.871. The fourth-order valence-corrected chi connectivity index (χ4v) is 2.76. The predicted molar refractivity (Wildman–Crippen MR) is 85.8 cm³/mol. The SMILES string of the molecule is COc1c(Cl)cc(NC(=O)[C@@H]2CC[C@H](CN)O2)cc1Cl.Cl. The Labute approximate surface area is 139 Å². The first-order chi connectivity index (χ1) is 9.55. The maximum atomic E-state index is 12.1. The van der Waals surface area contributed by atoms with Crippen molar-refractivity contribution in [1.82, 2.24) is 0 Å². The minimum Gasteiger partial charge on any atom is -0.494 e. The number of amides is 1. The number of methoxy groups -OCH3 is 1. The molecule has 0 aromatic heterocycles. The number of nitrogens with two attached hydrogens (primary N) is 1. The van der Waals surface area contributed by atoms with Crippen LogP contribution in [0.15, 0.2) is 12.1 Å². The van der Waals surface area contributed by atoms with Gasteiger partial charge in [-0.2, -0.15) is 0 Å². The Morgan fingerprint density at radius 3 is 2.52 bits per heavy atom. The standard InChI is InChI=1S/C13H16Cl2N2O3.ClH/c1-19-12-9(14)4-7(5-10(12)15)17-13(18)11-3-2-8(6-16)20-11;/h4-5,8,11H,2-3,6,16H2,1H3,(H,17,18);1H/t8-,11+;/m1./s1. The Hall–Kier alpha value is -0.720. The number of hydrogen-bond donors (Lipinski definition) is 2. The maximum absolute atomic E-state index is 12.1. The molecule has 1 aliphatic heterocycles. The fraction of sp³-hybridized carbons (Fsp3) is 0.462. The van der Waals surface area contributed by atoms with Crippen LogP contribution in [0.25, 0.3) is 0 Å². The summed E-state index contributed by atoms with van der Waals surface area (Å²) in [5.74, 6) is 0.157. The highest BCUT2D eigenvalue weighted by Gasteiger charge is 2.30. The molecule has 1 saturated heterocycles. The van der Waals surface area contributed by atoms with E-state index in [0.29, 0.717) is 34.4 Å². The zero-order chi connectivity index (χ0) is 14.7. The third kappa shape index (κ3) is 4.37. The third-order valence-electron chi connectivity index (χ3n) is 3.13. The Bertz CT molecular complexity index is 490. The van der Waals surface area contributed by atoms with Gasteiger partial charge in [0.1, 0.15) is 6.10 Å². The van der Waals surface area contributed by atoms with Crippen molar-refractivity contribution >= 4 is 47.2 Å². The lowest BCUT2D eigenvalue weighted by molar-refractivity contribution is -0.126. The van der Waals surface area contributed by atoms with E-state index in [-0.39, 0.29) is 24.4 Å². The first-order valence-electron chi connectivity index (χ1n) is 6.24. The Kier molecular flexibility index (Phi) is 7.03. The van der Waals surface area contributed by atoms with Crippen molar-refractivity contribution in [3.8, 4) is 5.75 Å². The van der Waals surface area contributed by atoms with Crippen molar-refractivity contribution in [3.63, 3.8) is 0 Å². The van der Waals surface area contributed by atoms with Crippen molar-refractivity contribution in [2.24, 2.45) is 5.73 Å². The van der Waals surface area contributed by atoms with Gasteiger partial charge in [-0.3, -0.25) is 4.79 Å². The van der Waals surface area contributed by atoms with Gasteiger partial charge in [0.2, 0.25) is 0 Å². The summed E-state index contributed by atoms with van der Waals surface area (Å²) in [4.78, 5) is 12.1. The number of rotatable bonds is 4. The van der Waals surface area contributed by atoms with Crippen LogP contribution >= 0.6 is 35.6 Å². The smallest absolute Gasteiger partial charge is 0.253 e. The molecule has 1 heterocycles. The third-order valence-corrected chi connectivity index (χ3v) is 3.69. The van der Waals surface area contributed by atoms with Crippen LogP contribution in [-0.4, -0.2) is 31.8 Å². The summed E-state index contributed by atoms with van der Waals surface area (Å²) in [6, 6.07) is 3.17. The number of carbonyl (C=O) groups is 1. The molecule has 0 aliphatic carbocycles. The molecular weight excluding hydrogens is 339 g/mol. The normalized spacial score (nSPS) is 20.8. The van der Waals surface area contributed by atoms with E-state index in [9.17, 15) is 4.79 Å². The average molecular weight is 356 g/mol. The van der Waals surface area contributed by atoms with Crippen molar-refractivity contribution in [1.29, 1.82) is 0 Å². The molecule has 21 heavy (non-hydrogen) atoms. The second kappa shape index (κ2) is 8.06. The minimum atomic E-state index is -0.483. The van der Waals surface area contributed by atoms with Crippen LogP contribution in [0.2, 0.25) is 10.0 Å². The number of benzene rings is 1. The molecule has 1 aromatic carbocycles. The summed E-state index contributed by atoms with van der Waals surface area (Å²) < 4.78 is 10.6. The van der Waals surface area contributed by atoms with Crippen molar-refractivity contribution in [2.45, 2.75) is 25.0 Å². The molecule has 0 unspecified atom stereocenters. The van der Waals surface area contributed by atoms with Crippen molar-refractivity contribution in [2.75, 3.05) is 19.0 Å². The number of ether oxygens (including phenoxy) is 2. The first-order valence-corrected chi connectivity index (χ1v) is 7.00. The molecule has 1 amide bonds. The van der Waals surface area contributed by atoms with Gasteiger partial charge in [-0.05, 0) is 25.0 Å². The molecule has 0 radical (unpaired) electrons. The molecular formula is C13H17Cl3N2O3. The second-order valence-electron chi connectivity index (χ2n) is 4.52. The van der Waals surface area contributed by atoms with Crippen LogP contribution < -0.4 is 15.8 Å². The average Bonchev–Trinajstić information content (AvgIpc) is 2.87. The molecule has 1 aliphatic rings. The molecule has 1 aromatic rings. The van der Waals surface area contributed by atoms with Crippen LogP contribution in [0.3, 0.4) is 0 Å². The van der Waals surface area contributed by atoms with Gasteiger partial charge in [0.25, 0.3) is 5.91 Å². The lowest BCUT2D eigenvalue weighted by Crippen LogP contribution is -2.29. The molecule has 1 fully saturated rings. The van der Waals surface area contributed by atoms with Crippen LogP contribution in [0.5, 0.6) is 5.75 Å². The van der Waals surface area contributed by atoms with E-state index in [4.69, 9.17) is 38.4 Å². The molecule has 0 spiro atoms. The zero-order valence-corrected chi connectivity index (χ0v) is 13.7. The van der Waals surface area contributed by atoms with Crippen molar-refractivity contribution < 1.29 is 14.3 Å². The van der Waals surface area contributed by atoms with Gasteiger partial charge in [-0.25, -0.2) is 0 Å². The van der Waals surface area contributed by atoms with Gasteiger partial charge >= 0.3 is 0 Å². The van der Waals surface area contributed by atoms with Crippen LogP contribution in [0.4, 0.5) is 5.69 Å². The van der Waals surface area contributed by atoms with E-state index >= 15 is 0 Å². The minimum absolute atomic E-state index is 0. The molecule has 5 nitrogen and oxygen atoms in total. The lowest BCUT2D eigenvalue weighted by Gasteiger charge is -2.14. The van der Waals surface area contributed by atoms with Crippen LogP contribution in [0, 0.1) is 0 Å². The molecule has 0 bridgehead atoms. The van der Waals surface area contributed by atoms with Gasteiger partial charge in [-0.1, -0.05) is 23.2 Å². The van der Waals surface area contributed by atoms with Crippen molar-refractivity contribution in [3.05, 3.63) is 22.2 Å². The van der Waals surface area contributed by atoms with Gasteiger partial charge in [0.15, 0.2) is 5.75 Å². The summed E-state index contributed by atoms with van der Waals surface area (Å²) >= 11 is 12.0. The van der Waals surface area contributed by atoms with E-state index in [1.807, 2.05) is 0 Å². The number of hydrogen-bond acceptors (Lipinski definition) is 4. The Morgan fingerprint density at radius 1 is 1.43 bits per heavy atom. The summed E-state index contributed by atoms with van der Waals surface area (Å²) in [5.41, 5.74) is 6.02. The van der Waals surface area contributed by atoms with Gasteiger partial charge in [0, 0.05) is 12.2 Å². The monoisotopic (exact) mass is 354 g/mol. The first kappa shape index (κ1) is 18.3. The highest BCUT2D eigenvalue weighted by molar-refractivity contribution is 6.37. The molecule has 8 heteroatoms. The topological polar surface area (TPSA) is 73.6 Å². The maximum Gasteiger partial charge on any atom is 0.253 e. The van der Waals surface area contributed by atoms with E-state index in [0.717, 1.165) is 6.42 Å². The molecule has 0 saturated carbocycles. The summed E-state index contributed by atoms with van der Waals surface area (Å²) in [6.07, 6.45) is 0.918. The number of anilines is 1. The van der Waals surface area contributed by atoms with E-state index in [1.54, 1.807) is 12.1 Å². The lowest BCUT2D eigenvalue weighted by atomic mass is 10.2. The highest BCUT2D eigenvalue weighted by Crippen LogP contribution is 2.35. The summed E-state index contributed by atoms with van der Waals surface area (Å²) in [6.45, 7) is 0.421. The number of nitrogens with one attached hydrogen (secondary N) is 1. The fourth-order valence-electron chi connectivity index (χ4n) is 2.12. The summed E-state index contributed by atoms with van der Waals surface area (Å²) in [7, 11) is 1.48. The second-order valence-corrected chi connectivity index (χ2v) is 5.34. The van der Waals surface area contributed by atoms with Gasteiger partial charge in [0.05, 0.1) is 23.3 Å². The predicted octanol–water partition coefficient (Wildman–Crippen LogP) is 2.87. The van der Waals surface area contributed by atoms with Gasteiger partial charge < -0.3 is 20.5 Å². The Balaban J connectivity index is 0.00000220. The molecule has 3 N–H and O–H groups in total. The van der Waals surface area contributed by atoms with E-state index in [2.05, 4.69) is 5.32 Å². The summed E-state index contributed by atoms with van der Waals surface area (Å²) in [5, 5.41) is 3.40. The largest absolute Gasteiger partial charge is 0.494 e. The molecule has 2 rings (SSSR count). The Morgan fingerprint density at radius 2 is 2.05 bits per heavy atom. The molecule has 2 atom stereocenters. The zero-order valence-electron chi connectivity index (χ0n) is 11.4. The van der Waals surface area contributed by atoms with Crippen LogP contribution in [-0.2, 0) is 9.53 Å². The van der Waals surface area contributed by atoms with E-state index in [1.165, 1.54) is 7.11 Å². The van der Waals surface area contributed by atoms with Crippen LogP contribution in [0.1, 0.15) is 12.8 Å². The van der Waals surface area contributed by atoms with Gasteiger partial charge in [-0.15, -0.1) is 12.4 Å². The molecule has 118 valence electrons. The van der Waals surface area contributed by atoms with E-state index < -0.39 is 6.10 Å². The highest BCUT2D eigenvalue weighted by atomic mass is 35.5. The number of halogens is 3. The number of carbonyl (C=O) groups excluding carboxylic acids is 1.